The van der Waals surface area contributed by atoms with Crippen molar-refractivity contribution in [1.82, 2.24) is 5.32 Å². The Bertz CT molecular complexity index is 553. The molecule has 1 saturated heterocycles. The molecule has 106 valence electrons. The molecule has 0 radical (unpaired) electrons. The number of hydrogen-bond donors (Lipinski definition) is 2. The third-order valence-electron chi connectivity index (χ3n) is 2.84. The number of para-hydroxylation sites is 1. The van der Waals surface area contributed by atoms with Crippen LogP contribution in [0.5, 0.6) is 0 Å². The average molecular weight is 294 g/mol. The van der Waals surface area contributed by atoms with Crippen LogP contribution in [0.2, 0.25) is 0 Å². The van der Waals surface area contributed by atoms with Gasteiger partial charge in [-0.3, -0.25) is 4.72 Å². The van der Waals surface area contributed by atoms with E-state index in [4.69, 9.17) is 0 Å². The third kappa shape index (κ3) is 3.60. The van der Waals surface area contributed by atoms with Crippen molar-refractivity contribution in [1.29, 1.82) is 0 Å². The van der Waals surface area contributed by atoms with E-state index in [1.165, 1.54) is 12.1 Å². The summed E-state index contributed by atoms with van der Waals surface area (Å²) in [5.74, 6) is -0.223. The van der Waals surface area contributed by atoms with E-state index in [2.05, 4.69) is 5.32 Å². The largest absolute Gasteiger partial charge is 0.418 e. The Labute approximate surface area is 109 Å². The van der Waals surface area contributed by atoms with E-state index < -0.39 is 27.5 Å². The van der Waals surface area contributed by atoms with Crippen LogP contribution in [-0.2, 0) is 16.2 Å². The van der Waals surface area contributed by atoms with Gasteiger partial charge in [0.15, 0.2) is 0 Å². The Kier molecular flexibility index (Phi) is 3.73. The summed E-state index contributed by atoms with van der Waals surface area (Å²) in [4.78, 5) is 0. The molecular weight excluding hydrogens is 281 g/mol. The summed E-state index contributed by atoms with van der Waals surface area (Å²) in [6, 6.07) is 4.34. The van der Waals surface area contributed by atoms with Crippen molar-refractivity contribution in [3.05, 3.63) is 29.8 Å². The van der Waals surface area contributed by atoms with Crippen LogP contribution in [0.25, 0.3) is 0 Å². The molecule has 1 heterocycles. The fourth-order valence-corrected chi connectivity index (χ4v) is 3.19. The topological polar surface area (TPSA) is 58.2 Å². The number of halogens is 3. The zero-order valence-electron chi connectivity index (χ0n) is 9.87. The molecule has 1 aliphatic heterocycles. The Morgan fingerprint density at radius 1 is 1.32 bits per heavy atom. The van der Waals surface area contributed by atoms with E-state index in [1.807, 2.05) is 4.72 Å². The maximum Gasteiger partial charge on any atom is 0.418 e. The highest BCUT2D eigenvalue weighted by Crippen LogP contribution is 2.35. The molecule has 1 aliphatic rings. The van der Waals surface area contributed by atoms with Crippen LogP contribution in [-0.4, -0.2) is 26.8 Å². The molecule has 0 aliphatic carbocycles. The van der Waals surface area contributed by atoms with E-state index in [-0.39, 0.29) is 11.8 Å². The molecule has 1 fully saturated rings. The molecule has 8 heteroatoms. The van der Waals surface area contributed by atoms with Gasteiger partial charge in [0.2, 0.25) is 10.0 Å². The first-order valence-corrected chi connectivity index (χ1v) is 7.33. The molecule has 0 bridgehead atoms. The van der Waals surface area contributed by atoms with E-state index in [9.17, 15) is 21.6 Å². The Morgan fingerprint density at radius 3 is 2.47 bits per heavy atom. The molecule has 2 N–H and O–H groups in total. The minimum atomic E-state index is -4.59. The van der Waals surface area contributed by atoms with Gasteiger partial charge in [0.05, 0.1) is 17.0 Å². The van der Waals surface area contributed by atoms with Crippen LogP contribution in [0.15, 0.2) is 24.3 Å². The molecule has 1 unspecified atom stereocenters. The molecule has 1 atom stereocenters. The maximum absolute atomic E-state index is 12.7. The van der Waals surface area contributed by atoms with Crippen molar-refractivity contribution in [2.75, 3.05) is 17.0 Å². The van der Waals surface area contributed by atoms with Crippen molar-refractivity contribution in [3.63, 3.8) is 0 Å². The van der Waals surface area contributed by atoms with Gasteiger partial charge in [-0.05, 0) is 25.1 Å². The van der Waals surface area contributed by atoms with Gasteiger partial charge in [-0.2, -0.15) is 13.2 Å². The fourth-order valence-electron chi connectivity index (χ4n) is 1.78. The van der Waals surface area contributed by atoms with Crippen LogP contribution in [0, 0.1) is 0 Å². The van der Waals surface area contributed by atoms with Crippen LogP contribution in [0.3, 0.4) is 0 Å². The monoisotopic (exact) mass is 294 g/mol. The summed E-state index contributed by atoms with van der Waals surface area (Å²) in [5.41, 5.74) is -1.42. The lowest BCUT2D eigenvalue weighted by Gasteiger charge is -2.27. The Morgan fingerprint density at radius 2 is 1.95 bits per heavy atom. The summed E-state index contributed by atoms with van der Waals surface area (Å²) >= 11 is 0. The maximum atomic E-state index is 12.7. The number of anilines is 1. The minimum absolute atomic E-state index is 0.185. The highest BCUT2D eigenvalue weighted by molar-refractivity contribution is 7.92. The first-order chi connectivity index (χ1) is 8.78. The van der Waals surface area contributed by atoms with Gasteiger partial charge in [-0.25, -0.2) is 8.42 Å². The molecule has 2 rings (SSSR count). The van der Waals surface area contributed by atoms with Crippen molar-refractivity contribution >= 4 is 15.7 Å². The predicted octanol–water partition coefficient (Wildman–Crippen LogP) is 1.81. The molecule has 4 nitrogen and oxygen atoms in total. The summed E-state index contributed by atoms with van der Waals surface area (Å²) < 4.78 is 63.7. The first-order valence-electron chi connectivity index (χ1n) is 5.68. The minimum Gasteiger partial charge on any atom is -0.313 e. The summed E-state index contributed by atoms with van der Waals surface area (Å²) in [6.07, 6.45) is -3.88. The van der Waals surface area contributed by atoms with Crippen molar-refractivity contribution in [3.8, 4) is 0 Å². The molecule has 0 spiro atoms. The Balaban J connectivity index is 2.18. The summed E-state index contributed by atoms with van der Waals surface area (Å²) in [6.45, 7) is 0.735. The second kappa shape index (κ2) is 5.01. The van der Waals surface area contributed by atoms with Gasteiger partial charge < -0.3 is 5.32 Å². The molecule has 19 heavy (non-hydrogen) atoms. The smallest absolute Gasteiger partial charge is 0.313 e. The SMILES string of the molecule is O=S(=O)(CC1CCN1)Nc1ccccc1C(F)(F)F. The Hall–Kier alpha value is -1.28. The first kappa shape index (κ1) is 14.1. The quantitative estimate of drug-likeness (QED) is 0.890. The normalized spacial score (nSPS) is 19.8. The molecule has 0 amide bonds. The van der Waals surface area contributed by atoms with Gasteiger partial charge in [0.25, 0.3) is 0 Å². The average Bonchev–Trinajstić information content (AvgIpc) is 2.22. The molecular formula is C11H13F3N2O2S. The summed E-state index contributed by atoms with van der Waals surface area (Å²) in [5, 5.41) is 2.89. The lowest BCUT2D eigenvalue weighted by atomic mass is 10.1. The number of hydrogen-bond acceptors (Lipinski definition) is 3. The van der Waals surface area contributed by atoms with Crippen molar-refractivity contribution in [2.45, 2.75) is 18.6 Å². The van der Waals surface area contributed by atoms with Crippen LogP contribution in [0.4, 0.5) is 18.9 Å². The van der Waals surface area contributed by atoms with Crippen LogP contribution < -0.4 is 10.0 Å². The number of benzene rings is 1. The standard InChI is InChI=1S/C11H13F3N2O2S/c12-11(13,14)9-3-1-2-4-10(9)16-19(17,18)7-8-5-6-15-8/h1-4,8,15-16H,5-7H2. The van der Waals surface area contributed by atoms with E-state index in [0.717, 1.165) is 18.7 Å². The van der Waals surface area contributed by atoms with Crippen molar-refractivity contribution < 1.29 is 21.6 Å². The van der Waals surface area contributed by atoms with Gasteiger partial charge >= 0.3 is 6.18 Å². The van der Waals surface area contributed by atoms with Crippen molar-refractivity contribution in [2.24, 2.45) is 0 Å². The fraction of sp³-hybridized carbons (Fsp3) is 0.455. The van der Waals surface area contributed by atoms with Crippen LogP contribution in [0.1, 0.15) is 12.0 Å². The lowest BCUT2D eigenvalue weighted by Crippen LogP contribution is -2.48. The predicted molar refractivity (Wildman–Crippen MR) is 65.3 cm³/mol. The third-order valence-corrected chi connectivity index (χ3v) is 4.22. The van der Waals surface area contributed by atoms with Crippen LogP contribution >= 0.6 is 0 Å². The number of nitrogens with one attached hydrogen (secondary N) is 2. The van der Waals surface area contributed by atoms with E-state index >= 15 is 0 Å². The molecule has 1 aromatic carbocycles. The van der Waals surface area contributed by atoms with E-state index in [1.54, 1.807) is 0 Å². The lowest BCUT2D eigenvalue weighted by molar-refractivity contribution is -0.136. The molecule has 1 aromatic rings. The zero-order valence-corrected chi connectivity index (χ0v) is 10.7. The number of rotatable bonds is 4. The second-order valence-electron chi connectivity index (χ2n) is 4.37. The highest BCUT2D eigenvalue weighted by atomic mass is 32.2. The zero-order chi connectivity index (χ0) is 14.1. The molecule has 0 saturated carbocycles. The number of sulfonamides is 1. The highest BCUT2D eigenvalue weighted by Gasteiger charge is 2.34. The summed E-state index contributed by atoms with van der Waals surface area (Å²) in [7, 11) is -3.79. The molecule has 0 aromatic heterocycles. The van der Waals surface area contributed by atoms with Gasteiger partial charge in [0.1, 0.15) is 0 Å². The second-order valence-corrected chi connectivity index (χ2v) is 6.13. The van der Waals surface area contributed by atoms with Gasteiger partial charge in [-0.15, -0.1) is 0 Å². The van der Waals surface area contributed by atoms with E-state index in [0.29, 0.717) is 6.42 Å². The van der Waals surface area contributed by atoms with Gasteiger partial charge in [0, 0.05) is 6.04 Å². The number of alkyl halides is 3. The van der Waals surface area contributed by atoms with Gasteiger partial charge in [-0.1, -0.05) is 12.1 Å².